The molecule has 2 amide bonds. The number of hydrogen-bond acceptors (Lipinski definition) is 4. The summed E-state index contributed by atoms with van der Waals surface area (Å²) >= 11 is 0. The maximum Gasteiger partial charge on any atom is 0.245 e. The van der Waals surface area contributed by atoms with Gasteiger partial charge in [-0.05, 0) is 19.3 Å². The third-order valence-electron chi connectivity index (χ3n) is 3.66. The Labute approximate surface area is 100 Å². The molecule has 2 aliphatic heterocycles. The molecule has 4 N–H and O–H groups in total. The van der Waals surface area contributed by atoms with Crippen LogP contribution in [0.15, 0.2) is 0 Å². The molecule has 0 aromatic rings. The summed E-state index contributed by atoms with van der Waals surface area (Å²) in [6.45, 7) is 1.96. The number of hydrogen-bond donors (Lipinski definition) is 2. The Kier molecular flexibility index (Phi) is 3.35. The fraction of sp³-hybridized carbons (Fsp3) is 0.818. The van der Waals surface area contributed by atoms with Gasteiger partial charge in [-0.3, -0.25) is 9.59 Å². The van der Waals surface area contributed by atoms with E-state index in [1.165, 1.54) is 0 Å². The fourth-order valence-electron chi connectivity index (χ4n) is 2.43. The zero-order chi connectivity index (χ0) is 12.5. The van der Waals surface area contributed by atoms with E-state index in [1.54, 1.807) is 4.90 Å². The predicted octanol–water partition coefficient (Wildman–Crippen LogP) is -1.17. The van der Waals surface area contributed by atoms with Gasteiger partial charge in [0.25, 0.3) is 0 Å². The Morgan fingerprint density at radius 1 is 1.29 bits per heavy atom. The van der Waals surface area contributed by atoms with Crippen LogP contribution in [0.3, 0.4) is 0 Å². The lowest BCUT2D eigenvalue weighted by Gasteiger charge is -2.35. The summed E-state index contributed by atoms with van der Waals surface area (Å²) in [4.78, 5) is 25.0. The van der Waals surface area contributed by atoms with Crippen LogP contribution in [0.4, 0.5) is 0 Å². The van der Waals surface area contributed by atoms with Crippen molar-refractivity contribution in [2.24, 2.45) is 17.4 Å². The molecule has 2 aliphatic rings. The first kappa shape index (κ1) is 12.3. The molecule has 96 valence electrons. The average molecular weight is 241 g/mol. The molecule has 0 radical (unpaired) electrons. The number of amides is 2. The number of primary amides is 1. The van der Waals surface area contributed by atoms with Crippen molar-refractivity contribution in [2.75, 3.05) is 26.3 Å². The van der Waals surface area contributed by atoms with Crippen LogP contribution in [0.5, 0.6) is 0 Å². The molecule has 0 aromatic carbocycles. The van der Waals surface area contributed by atoms with Crippen LogP contribution in [0, 0.1) is 5.92 Å². The van der Waals surface area contributed by atoms with Gasteiger partial charge in [-0.25, -0.2) is 0 Å². The van der Waals surface area contributed by atoms with Crippen molar-refractivity contribution in [2.45, 2.75) is 24.8 Å². The van der Waals surface area contributed by atoms with Crippen LogP contribution in [0.1, 0.15) is 19.3 Å². The van der Waals surface area contributed by atoms with Crippen LogP contribution in [0.2, 0.25) is 0 Å². The minimum atomic E-state index is -0.862. The monoisotopic (exact) mass is 241 g/mol. The smallest absolute Gasteiger partial charge is 0.245 e. The first-order valence-electron chi connectivity index (χ1n) is 5.98. The highest BCUT2D eigenvalue weighted by Gasteiger charge is 2.42. The normalized spacial score (nSPS) is 30.5. The first-order valence-corrected chi connectivity index (χ1v) is 5.98. The van der Waals surface area contributed by atoms with Gasteiger partial charge in [-0.2, -0.15) is 0 Å². The Morgan fingerprint density at radius 2 is 1.94 bits per heavy atom. The van der Waals surface area contributed by atoms with E-state index in [1.807, 2.05) is 0 Å². The lowest BCUT2D eigenvalue weighted by Crippen LogP contribution is -2.57. The molecule has 17 heavy (non-hydrogen) atoms. The lowest BCUT2D eigenvalue weighted by molar-refractivity contribution is -0.140. The number of likely N-dealkylation sites (tertiary alicyclic amines) is 1. The predicted molar refractivity (Wildman–Crippen MR) is 60.9 cm³/mol. The maximum atomic E-state index is 12.2. The third kappa shape index (κ3) is 2.42. The van der Waals surface area contributed by atoms with E-state index >= 15 is 0 Å². The van der Waals surface area contributed by atoms with Crippen molar-refractivity contribution in [3.8, 4) is 0 Å². The topological polar surface area (TPSA) is 98.7 Å². The summed E-state index contributed by atoms with van der Waals surface area (Å²) in [5.74, 6) is -0.436. The van der Waals surface area contributed by atoms with Gasteiger partial charge in [0.15, 0.2) is 0 Å². The number of nitrogens with two attached hydrogens (primary N) is 2. The van der Waals surface area contributed by atoms with Crippen molar-refractivity contribution in [3.63, 3.8) is 0 Å². The third-order valence-corrected chi connectivity index (χ3v) is 3.66. The quantitative estimate of drug-likeness (QED) is 0.636. The molecule has 0 aromatic heterocycles. The maximum absolute atomic E-state index is 12.2. The van der Waals surface area contributed by atoms with Gasteiger partial charge in [0.05, 0.1) is 6.61 Å². The molecule has 1 atom stereocenters. The second kappa shape index (κ2) is 4.62. The van der Waals surface area contributed by atoms with Crippen molar-refractivity contribution < 1.29 is 14.3 Å². The molecule has 2 rings (SSSR count). The second-order valence-corrected chi connectivity index (χ2v) is 4.93. The molecule has 2 fully saturated rings. The summed E-state index contributed by atoms with van der Waals surface area (Å²) in [5, 5.41) is 0. The number of carbonyl (C=O) groups excluding carboxylic acids is 2. The number of piperidine rings is 1. The summed E-state index contributed by atoms with van der Waals surface area (Å²) in [7, 11) is 0. The summed E-state index contributed by atoms with van der Waals surface area (Å²) < 4.78 is 5.18. The highest BCUT2D eigenvalue weighted by atomic mass is 16.5. The molecule has 0 bridgehead atoms. The van der Waals surface area contributed by atoms with Crippen LogP contribution >= 0.6 is 0 Å². The zero-order valence-corrected chi connectivity index (χ0v) is 9.85. The zero-order valence-electron chi connectivity index (χ0n) is 9.85. The van der Waals surface area contributed by atoms with Gasteiger partial charge in [-0.15, -0.1) is 0 Å². The minimum absolute atomic E-state index is 0.0575. The van der Waals surface area contributed by atoms with E-state index in [0.29, 0.717) is 45.6 Å². The number of rotatable bonds is 2. The van der Waals surface area contributed by atoms with Gasteiger partial charge in [0, 0.05) is 25.6 Å². The SMILES string of the molecule is NC(=O)C1CCN(C(=O)C2(N)CCOC2)CC1. The van der Waals surface area contributed by atoms with E-state index < -0.39 is 5.54 Å². The molecule has 0 aliphatic carbocycles. The minimum Gasteiger partial charge on any atom is -0.379 e. The number of nitrogens with zero attached hydrogens (tertiary/aromatic N) is 1. The van der Waals surface area contributed by atoms with Crippen LogP contribution in [0.25, 0.3) is 0 Å². The standard InChI is InChI=1S/C11H19N3O3/c12-9(15)8-1-4-14(5-2-8)10(16)11(13)3-6-17-7-11/h8H,1-7,13H2,(H2,12,15). The Bertz CT molecular complexity index is 318. The van der Waals surface area contributed by atoms with Gasteiger partial charge < -0.3 is 21.1 Å². The highest BCUT2D eigenvalue weighted by molar-refractivity contribution is 5.87. The number of carbonyl (C=O) groups is 2. The number of ether oxygens (including phenoxy) is 1. The second-order valence-electron chi connectivity index (χ2n) is 4.93. The lowest BCUT2D eigenvalue weighted by atomic mass is 9.92. The Balaban J connectivity index is 1.92. The van der Waals surface area contributed by atoms with Gasteiger partial charge in [0.1, 0.15) is 5.54 Å². The molecule has 0 spiro atoms. The van der Waals surface area contributed by atoms with Crippen molar-refractivity contribution >= 4 is 11.8 Å². The molecule has 6 nitrogen and oxygen atoms in total. The molecule has 6 heteroatoms. The van der Waals surface area contributed by atoms with Crippen LogP contribution < -0.4 is 11.5 Å². The van der Waals surface area contributed by atoms with Crippen LogP contribution in [-0.4, -0.2) is 48.6 Å². The molecule has 1 unspecified atom stereocenters. The van der Waals surface area contributed by atoms with Crippen LogP contribution in [-0.2, 0) is 14.3 Å². The first-order chi connectivity index (χ1) is 8.03. The van der Waals surface area contributed by atoms with Gasteiger partial charge in [-0.1, -0.05) is 0 Å². The summed E-state index contributed by atoms with van der Waals surface area (Å²) in [5.41, 5.74) is 10.4. The largest absolute Gasteiger partial charge is 0.379 e. The molecule has 0 saturated carbocycles. The van der Waals surface area contributed by atoms with Gasteiger partial charge in [0.2, 0.25) is 11.8 Å². The van der Waals surface area contributed by atoms with E-state index in [4.69, 9.17) is 16.2 Å². The molecular formula is C11H19N3O3. The Morgan fingerprint density at radius 3 is 2.41 bits per heavy atom. The average Bonchev–Trinajstić information content (AvgIpc) is 2.76. The van der Waals surface area contributed by atoms with Crippen molar-refractivity contribution in [1.82, 2.24) is 4.90 Å². The van der Waals surface area contributed by atoms with Crippen molar-refractivity contribution in [1.29, 1.82) is 0 Å². The highest BCUT2D eigenvalue weighted by Crippen LogP contribution is 2.23. The van der Waals surface area contributed by atoms with Gasteiger partial charge >= 0.3 is 0 Å². The Hall–Kier alpha value is -1.14. The van der Waals surface area contributed by atoms with E-state index in [-0.39, 0.29) is 17.7 Å². The van der Waals surface area contributed by atoms with E-state index in [0.717, 1.165) is 0 Å². The van der Waals surface area contributed by atoms with Crippen molar-refractivity contribution in [3.05, 3.63) is 0 Å². The van der Waals surface area contributed by atoms with E-state index in [9.17, 15) is 9.59 Å². The molecule has 2 saturated heterocycles. The fourth-order valence-corrected chi connectivity index (χ4v) is 2.43. The van der Waals surface area contributed by atoms with E-state index in [2.05, 4.69) is 0 Å². The molecule has 2 heterocycles. The summed E-state index contributed by atoms with van der Waals surface area (Å²) in [6.07, 6.45) is 1.84. The molecular weight excluding hydrogens is 222 g/mol. The summed E-state index contributed by atoms with van der Waals surface area (Å²) in [6, 6.07) is 0.